The third kappa shape index (κ3) is 2.42. The van der Waals surface area contributed by atoms with Crippen LogP contribution < -0.4 is 4.80 Å². The average molecular weight is 338 g/mol. The maximum Gasteiger partial charge on any atom is 0.433 e. The van der Waals surface area contributed by atoms with Gasteiger partial charge in [0.25, 0.3) is 0 Å². The van der Waals surface area contributed by atoms with Crippen LogP contribution >= 0.6 is 22.9 Å². The van der Waals surface area contributed by atoms with Gasteiger partial charge in [-0.15, -0.1) is 0 Å². The van der Waals surface area contributed by atoms with Gasteiger partial charge in [0.2, 0.25) is 5.76 Å². The summed E-state index contributed by atoms with van der Waals surface area (Å²) in [4.78, 5) is 26.3. The van der Waals surface area contributed by atoms with E-state index in [0.717, 1.165) is 16.3 Å². The first kappa shape index (κ1) is 14.5. The maximum atomic E-state index is 12.0. The molecule has 0 fully saturated rings. The molecule has 112 valence electrons. The highest BCUT2D eigenvalue weighted by molar-refractivity contribution is 7.16. The molecule has 0 atom stereocenters. The van der Waals surface area contributed by atoms with E-state index in [9.17, 15) is 14.9 Å². The fourth-order valence-electron chi connectivity index (χ4n) is 1.95. The van der Waals surface area contributed by atoms with Crippen molar-refractivity contribution in [2.45, 2.75) is 0 Å². The van der Waals surface area contributed by atoms with Crippen LogP contribution in [-0.2, 0) is 7.05 Å². The minimum Gasteiger partial charge on any atom is -0.395 e. The second-order valence-electron chi connectivity index (χ2n) is 4.34. The van der Waals surface area contributed by atoms with Gasteiger partial charge in [-0.05, 0) is 18.2 Å². The molecule has 2 heterocycles. The van der Waals surface area contributed by atoms with Crippen molar-refractivity contribution in [1.82, 2.24) is 4.57 Å². The van der Waals surface area contributed by atoms with Gasteiger partial charge in [0.05, 0.1) is 21.3 Å². The molecular weight excluding hydrogens is 330 g/mol. The highest BCUT2D eigenvalue weighted by Crippen LogP contribution is 2.24. The number of nitro groups is 1. The van der Waals surface area contributed by atoms with Crippen molar-refractivity contribution >= 4 is 44.9 Å². The van der Waals surface area contributed by atoms with E-state index in [0.29, 0.717) is 9.82 Å². The average Bonchev–Trinajstić information content (AvgIpc) is 3.06. The minimum absolute atomic E-state index is 0.185. The lowest BCUT2D eigenvalue weighted by atomic mass is 10.3. The van der Waals surface area contributed by atoms with Gasteiger partial charge >= 0.3 is 11.8 Å². The highest BCUT2D eigenvalue weighted by atomic mass is 35.5. The Morgan fingerprint density at radius 2 is 2.18 bits per heavy atom. The monoisotopic (exact) mass is 337 g/mol. The lowest BCUT2D eigenvalue weighted by Gasteiger charge is -1.97. The summed E-state index contributed by atoms with van der Waals surface area (Å²) in [7, 11) is 1.74. The fourth-order valence-corrected chi connectivity index (χ4v) is 3.35. The number of rotatable bonds is 2. The summed E-state index contributed by atoms with van der Waals surface area (Å²) in [5.41, 5.74) is 0.770. The number of benzene rings is 1. The Morgan fingerprint density at radius 3 is 2.82 bits per heavy atom. The number of para-hydroxylation sites is 1. The molecule has 3 rings (SSSR count). The van der Waals surface area contributed by atoms with Crippen LogP contribution in [0.25, 0.3) is 10.2 Å². The van der Waals surface area contributed by atoms with E-state index in [4.69, 9.17) is 16.0 Å². The van der Waals surface area contributed by atoms with Crippen LogP contribution in [0.15, 0.2) is 39.7 Å². The number of thiazole rings is 1. The topological polar surface area (TPSA) is 90.6 Å². The van der Waals surface area contributed by atoms with E-state index in [2.05, 4.69) is 4.99 Å². The van der Waals surface area contributed by atoms with Gasteiger partial charge in [-0.25, -0.2) is 0 Å². The van der Waals surface area contributed by atoms with Crippen molar-refractivity contribution < 1.29 is 14.1 Å². The lowest BCUT2D eigenvalue weighted by molar-refractivity contribution is -0.402. The summed E-state index contributed by atoms with van der Waals surface area (Å²) in [5.74, 6) is -1.37. The SMILES string of the molecule is Cn1c(=NC(=O)c2ccc([N+](=O)[O-])o2)sc2cccc(Cl)c21. The first-order valence-electron chi connectivity index (χ1n) is 6.04. The van der Waals surface area contributed by atoms with Gasteiger partial charge in [-0.1, -0.05) is 29.0 Å². The quantitative estimate of drug-likeness (QED) is 0.530. The molecule has 0 saturated heterocycles. The third-order valence-corrected chi connectivity index (χ3v) is 4.36. The number of furan rings is 1. The van der Waals surface area contributed by atoms with Crippen molar-refractivity contribution in [1.29, 1.82) is 0 Å². The van der Waals surface area contributed by atoms with Gasteiger partial charge in [-0.2, -0.15) is 4.99 Å². The van der Waals surface area contributed by atoms with Gasteiger partial charge in [-0.3, -0.25) is 14.9 Å². The Kier molecular flexibility index (Phi) is 3.55. The van der Waals surface area contributed by atoms with Crippen molar-refractivity contribution in [3.63, 3.8) is 0 Å². The number of nitrogens with zero attached hydrogens (tertiary/aromatic N) is 3. The highest BCUT2D eigenvalue weighted by Gasteiger charge is 2.17. The first-order chi connectivity index (χ1) is 10.5. The van der Waals surface area contributed by atoms with Crippen LogP contribution in [0.5, 0.6) is 0 Å². The molecule has 2 aromatic heterocycles. The first-order valence-corrected chi connectivity index (χ1v) is 7.24. The number of hydrogen-bond donors (Lipinski definition) is 0. The summed E-state index contributed by atoms with van der Waals surface area (Å²) in [6, 6.07) is 7.77. The zero-order valence-electron chi connectivity index (χ0n) is 11.1. The number of halogens is 1. The van der Waals surface area contributed by atoms with E-state index >= 15 is 0 Å². The number of aromatic nitrogens is 1. The molecule has 1 aromatic carbocycles. The molecule has 0 radical (unpaired) electrons. The Hall–Kier alpha value is -2.45. The van der Waals surface area contributed by atoms with Crippen LogP contribution in [0.4, 0.5) is 5.88 Å². The van der Waals surface area contributed by atoms with E-state index < -0.39 is 16.7 Å². The molecule has 0 spiro atoms. The fraction of sp³-hybridized carbons (Fsp3) is 0.0769. The summed E-state index contributed by atoms with van der Waals surface area (Å²) in [6.07, 6.45) is 0. The molecule has 0 aliphatic heterocycles. The van der Waals surface area contributed by atoms with Crippen molar-refractivity contribution in [2.75, 3.05) is 0 Å². The molecule has 0 bridgehead atoms. The molecule has 1 amide bonds. The standard InChI is InChI=1S/C13H8ClN3O4S/c1-16-11-7(14)3-2-4-9(11)22-13(16)15-12(18)8-5-6-10(21-8)17(19)20/h2-6H,1H3. The predicted octanol–water partition coefficient (Wildman–Crippen LogP) is 3.14. The largest absolute Gasteiger partial charge is 0.433 e. The minimum atomic E-state index is -0.712. The number of amides is 1. The normalized spacial score (nSPS) is 12.0. The number of carbonyl (C=O) groups is 1. The van der Waals surface area contributed by atoms with Crippen LogP contribution in [0.2, 0.25) is 5.02 Å². The second-order valence-corrected chi connectivity index (χ2v) is 5.76. The van der Waals surface area contributed by atoms with Gasteiger partial charge < -0.3 is 8.98 Å². The summed E-state index contributed by atoms with van der Waals surface area (Å²) in [6.45, 7) is 0. The van der Waals surface area contributed by atoms with E-state index in [1.165, 1.54) is 17.4 Å². The third-order valence-electron chi connectivity index (χ3n) is 2.95. The Balaban J connectivity index is 2.08. The molecular formula is C13H8ClN3O4S. The molecule has 0 N–H and O–H groups in total. The Bertz CT molecular complexity index is 969. The van der Waals surface area contributed by atoms with Crippen LogP contribution in [-0.4, -0.2) is 15.4 Å². The zero-order chi connectivity index (χ0) is 15.9. The van der Waals surface area contributed by atoms with Gasteiger partial charge in [0.1, 0.15) is 4.92 Å². The van der Waals surface area contributed by atoms with E-state index in [1.807, 2.05) is 12.1 Å². The number of carbonyl (C=O) groups excluding carboxylic acids is 1. The van der Waals surface area contributed by atoms with Crippen molar-refractivity contribution in [3.05, 3.63) is 56.0 Å². The van der Waals surface area contributed by atoms with Gasteiger partial charge in [0.15, 0.2) is 4.80 Å². The number of hydrogen-bond acceptors (Lipinski definition) is 5. The molecule has 3 aromatic rings. The van der Waals surface area contributed by atoms with Crippen LogP contribution in [0.3, 0.4) is 0 Å². The molecule has 0 aliphatic rings. The Labute approximate surface area is 132 Å². The Morgan fingerprint density at radius 1 is 1.41 bits per heavy atom. The number of fused-ring (bicyclic) bond motifs is 1. The smallest absolute Gasteiger partial charge is 0.395 e. The van der Waals surface area contributed by atoms with Crippen LogP contribution in [0, 0.1) is 10.1 Å². The second kappa shape index (κ2) is 5.39. The molecule has 0 unspecified atom stereocenters. The van der Waals surface area contributed by atoms with E-state index in [-0.39, 0.29) is 5.76 Å². The molecule has 7 nitrogen and oxygen atoms in total. The number of aryl methyl sites for hydroxylation is 1. The van der Waals surface area contributed by atoms with Gasteiger partial charge in [0, 0.05) is 7.05 Å². The molecule has 0 saturated carbocycles. The zero-order valence-corrected chi connectivity index (χ0v) is 12.7. The molecule has 0 aliphatic carbocycles. The summed E-state index contributed by atoms with van der Waals surface area (Å²) < 4.78 is 7.42. The molecule has 9 heteroatoms. The van der Waals surface area contributed by atoms with Crippen molar-refractivity contribution in [3.8, 4) is 0 Å². The van der Waals surface area contributed by atoms with E-state index in [1.54, 1.807) is 17.7 Å². The lowest BCUT2D eigenvalue weighted by Crippen LogP contribution is -2.13. The summed E-state index contributed by atoms with van der Waals surface area (Å²) >= 11 is 7.42. The summed E-state index contributed by atoms with van der Waals surface area (Å²) in [5, 5.41) is 11.1. The molecule has 22 heavy (non-hydrogen) atoms. The predicted molar refractivity (Wildman–Crippen MR) is 81.1 cm³/mol. The van der Waals surface area contributed by atoms with Crippen molar-refractivity contribution in [2.24, 2.45) is 12.0 Å². The maximum absolute atomic E-state index is 12.0. The van der Waals surface area contributed by atoms with Crippen LogP contribution in [0.1, 0.15) is 10.6 Å².